The second-order valence-electron chi connectivity index (χ2n) is 6.02. The lowest BCUT2D eigenvalue weighted by Crippen LogP contribution is -2.39. The highest BCUT2D eigenvalue weighted by Gasteiger charge is 2.29. The van der Waals surface area contributed by atoms with Gasteiger partial charge < -0.3 is 15.6 Å². The summed E-state index contributed by atoms with van der Waals surface area (Å²) in [5.41, 5.74) is 9.57. The molecule has 26 heavy (non-hydrogen) atoms. The summed E-state index contributed by atoms with van der Waals surface area (Å²) in [5.74, 6) is -2.23. The number of nitrogens with two attached hydrogens (primary N) is 1. The Balaban J connectivity index is 1.64. The lowest BCUT2D eigenvalue weighted by molar-refractivity contribution is -0.140. The molecule has 0 heterocycles. The van der Waals surface area contributed by atoms with E-state index in [1.807, 2.05) is 53.8 Å². The third-order valence-corrected chi connectivity index (χ3v) is 4.31. The average Bonchev–Trinajstić information content (AvgIpc) is 2.93. The number of hydrogen-bond donors (Lipinski definition) is 3. The molecule has 0 spiro atoms. The minimum Gasteiger partial charge on any atom is -0.480 e. The number of ether oxygens (including phenoxy) is 1. The van der Waals surface area contributed by atoms with Crippen molar-refractivity contribution in [1.29, 1.82) is 0 Å². The fourth-order valence-electron chi connectivity index (χ4n) is 3.09. The van der Waals surface area contributed by atoms with Crippen molar-refractivity contribution in [2.45, 2.75) is 18.4 Å². The maximum atomic E-state index is 11.8. The molecule has 4 N–H and O–H groups in total. The highest BCUT2D eigenvalue weighted by atomic mass is 16.5. The first-order valence-corrected chi connectivity index (χ1v) is 8.10. The molecule has 0 fully saturated rings. The molecule has 0 aromatic heterocycles. The van der Waals surface area contributed by atoms with Crippen molar-refractivity contribution in [3.8, 4) is 11.1 Å². The van der Waals surface area contributed by atoms with Crippen molar-refractivity contribution in [3.05, 3.63) is 59.7 Å². The Hall–Kier alpha value is -3.19. The zero-order chi connectivity index (χ0) is 18.7. The van der Waals surface area contributed by atoms with Crippen LogP contribution in [0.15, 0.2) is 48.5 Å². The molecule has 2 amide bonds. The van der Waals surface area contributed by atoms with E-state index in [-0.39, 0.29) is 12.5 Å². The van der Waals surface area contributed by atoms with E-state index < -0.39 is 30.4 Å². The van der Waals surface area contributed by atoms with Crippen LogP contribution in [0.2, 0.25) is 0 Å². The van der Waals surface area contributed by atoms with Gasteiger partial charge in [0.15, 0.2) is 0 Å². The molecule has 0 saturated carbocycles. The predicted molar refractivity (Wildman–Crippen MR) is 93.4 cm³/mol. The number of carbonyl (C=O) groups is 3. The van der Waals surface area contributed by atoms with Gasteiger partial charge in [-0.25, -0.2) is 4.79 Å². The molecular formula is C19H18N2O5. The van der Waals surface area contributed by atoms with Gasteiger partial charge in [-0.2, -0.15) is 0 Å². The SMILES string of the molecule is N[C@@H](CC(=O)NC(=O)OCC1c2ccccc2-c2ccccc21)C(=O)O. The van der Waals surface area contributed by atoms with Gasteiger partial charge in [0.2, 0.25) is 5.91 Å². The Morgan fingerprint density at radius 3 is 2.12 bits per heavy atom. The van der Waals surface area contributed by atoms with Crippen LogP contribution >= 0.6 is 0 Å². The Kier molecular flexibility index (Phi) is 4.99. The van der Waals surface area contributed by atoms with Crippen LogP contribution in [0.5, 0.6) is 0 Å². The first kappa shape index (κ1) is 17.6. The quantitative estimate of drug-likeness (QED) is 0.754. The van der Waals surface area contributed by atoms with Crippen LogP contribution in [-0.2, 0) is 14.3 Å². The topological polar surface area (TPSA) is 119 Å². The maximum Gasteiger partial charge on any atom is 0.413 e. The Bertz CT molecular complexity index is 819. The summed E-state index contributed by atoms with van der Waals surface area (Å²) in [4.78, 5) is 34.1. The Morgan fingerprint density at radius 2 is 1.58 bits per heavy atom. The van der Waals surface area contributed by atoms with Gasteiger partial charge in [-0.15, -0.1) is 0 Å². The summed E-state index contributed by atoms with van der Waals surface area (Å²) < 4.78 is 5.19. The molecule has 3 rings (SSSR count). The summed E-state index contributed by atoms with van der Waals surface area (Å²) in [6.07, 6.45) is -1.42. The Labute approximate surface area is 149 Å². The van der Waals surface area contributed by atoms with E-state index in [1.165, 1.54) is 0 Å². The number of hydrogen-bond acceptors (Lipinski definition) is 5. The molecule has 0 saturated heterocycles. The summed E-state index contributed by atoms with van der Waals surface area (Å²) in [6, 6.07) is 14.4. The molecule has 1 atom stereocenters. The molecule has 0 radical (unpaired) electrons. The number of carboxylic acids is 1. The van der Waals surface area contributed by atoms with Crippen LogP contribution in [0.1, 0.15) is 23.5 Å². The van der Waals surface area contributed by atoms with Crippen LogP contribution in [0, 0.1) is 0 Å². The fourth-order valence-corrected chi connectivity index (χ4v) is 3.09. The minimum atomic E-state index is -1.36. The van der Waals surface area contributed by atoms with Crippen molar-refractivity contribution in [3.63, 3.8) is 0 Å². The van der Waals surface area contributed by atoms with Gasteiger partial charge >= 0.3 is 12.1 Å². The van der Waals surface area contributed by atoms with Crippen LogP contribution in [0.25, 0.3) is 11.1 Å². The van der Waals surface area contributed by atoms with Crippen molar-refractivity contribution in [2.75, 3.05) is 6.61 Å². The van der Waals surface area contributed by atoms with Crippen molar-refractivity contribution in [2.24, 2.45) is 5.73 Å². The van der Waals surface area contributed by atoms with Crippen LogP contribution in [0.3, 0.4) is 0 Å². The molecule has 1 aliphatic rings. The second kappa shape index (κ2) is 7.37. The van der Waals surface area contributed by atoms with Crippen molar-refractivity contribution < 1.29 is 24.2 Å². The summed E-state index contributed by atoms with van der Waals surface area (Å²) in [6.45, 7) is 0.0676. The zero-order valence-corrected chi connectivity index (χ0v) is 13.8. The molecule has 134 valence electrons. The van der Waals surface area contributed by atoms with Gasteiger partial charge in [-0.3, -0.25) is 14.9 Å². The molecule has 0 aliphatic heterocycles. The lowest BCUT2D eigenvalue weighted by atomic mass is 9.98. The molecule has 0 unspecified atom stereocenters. The molecule has 2 aromatic carbocycles. The zero-order valence-electron chi connectivity index (χ0n) is 13.8. The van der Waals surface area contributed by atoms with E-state index in [0.29, 0.717) is 0 Å². The minimum absolute atomic E-state index is 0.0676. The number of carbonyl (C=O) groups excluding carboxylic acids is 2. The predicted octanol–water partition coefficient (Wildman–Crippen LogP) is 1.85. The third kappa shape index (κ3) is 3.57. The number of benzene rings is 2. The van der Waals surface area contributed by atoms with E-state index in [1.54, 1.807) is 0 Å². The Morgan fingerprint density at radius 1 is 1.04 bits per heavy atom. The second-order valence-corrected chi connectivity index (χ2v) is 6.02. The molecule has 7 nitrogen and oxygen atoms in total. The van der Waals surface area contributed by atoms with Gasteiger partial charge in [0.05, 0.1) is 6.42 Å². The lowest BCUT2D eigenvalue weighted by Gasteiger charge is -2.14. The largest absolute Gasteiger partial charge is 0.480 e. The van der Waals surface area contributed by atoms with Gasteiger partial charge in [0, 0.05) is 5.92 Å². The first-order chi connectivity index (χ1) is 12.5. The number of nitrogens with one attached hydrogen (secondary N) is 1. The third-order valence-electron chi connectivity index (χ3n) is 4.31. The number of imide groups is 1. The normalized spacial score (nSPS) is 13.4. The smallest absolute Gasteiger partial charge is 0.413 e. The monoisotopic (exact) mass is 354 g/mol. The maximum absolute atomic E-state index is 11.8. The standard InChI is InChI=1S/C19H18N2O5/c20-16(18(23)24)9-17(22)21-19(25)26-10-15-13-7-3-1-5-11(13)12-6-2-4-8-14(12)15/h1-8,15-16H,9-10,20H2,(H,23,24)(H,21,22,25)/t16-/m0/s1. The molecule has 2 aromatic rings. The molecular weight excluding hydrogens is 336 g/mol. The van der Waals surface area contributed by atoms with E-state index >= 15 is 0 Å². The highest BCUT2D eigenvalue weighted by Crippen LogP contribution is 2.44. The van der Waals surface area contributed by atoms with Gasteiger partial charge in [0.25, 0.3) is 0 Å². The fraction of sp³-hybridized carbons (Fsp3) is 0.211. The molecule has 0 bridgehead atoms. The number of aliphatic carboxylic acids is 1. The van der Waals surface area contributed by atoms with Gasteiger partial charge in [-0.1, -0.05) is 48.5 Å². The summed E-state index contributed by atoms with van der Waals surface area (Å²) >= 11 is 0. The van der Waals surface area contributed by atoms with Crippen LogP contribution in [0.4, 0.5) is 4.79 Å². The summed E-state index contributed by atoms with van der Waals surface area (Å²) in [5, 5.41) is 10.7. The van der Waals surface area contributed by atoms with Crippen molar-refractivity contribution in [1.82, 2.24) is 5.32 Å². The molecule has 7 heteroatoms. The average molecular weight is 354 g/mol. The van der Waals surface area contributed by atoms with Crippen molar-refractivity contribution >= 4 is 18.0 Å². The summed E-state index contributed by atoms with van der Waals surface area (Å²) in [7, 11) is 0. The van der Waals surface area contributed by atoms with E-state index in [4.69, 9.17) is 15.6 Å². The van der Waals surface area contributed by atoms with Crippen LogP contribution in [-0.4, -0.2) is 35.7 Å². The number of amides is 2. The van der Waals surface area contributed by atoms with Gasteiger partial charge in [-0.05, 0) is 22.3 Å². The molecule has 1 aliphatic carbocycles. The first-order valence-electron chi connectivity index (χ1n) is 8.10. The number of carboxylic acid groups (broad SMARTS) is 1. The van der Waals surface area contributed by atoms with Crippen LogP contribution < -0.4 is 11.1 Å². The number of fused-ring (bicyclic) bond motifs is 3. The van der Waals surface area contributed by atoms with E-state index in [2.05, 4.69) is 0 Å². The van der Waals surface area contributed by atoms with E-state index in [0.717, 1.165) is 22.3 Å². The van der Waals surface area contributed by atoms with Gasteiger partial charge in [0.1, 0.15) is 12.6 Å². The number of alkyl carbamates (subject to hydrolysis) is 1. The highest BCUT2D eigenvalue weighted by molar-refractivity contribution is 5.94. The van der Waals surface area contributed by atoms with E-state index in [9.17, 15) is 14.4 Å². The number of rotatable bonds is 5.